The zero-order valence-corrected chi connectivity index (χ0v) is 15.7. The van der Waals surface area contributed by atoms with Crippen LogP contribution in [0.5, 0.6) is 0 Å². The zero-order chi connectivity index (χ0) is 17.7. The largest absolute Gasteiger partial charge is 0.356 e. The summed E-state index contributed by atoms with van der Waals surface area (Å²) in [6.45, 7) is 5.16. The van der Waals surface area contributed by atoms with Gasteiger partial charge in [0.1, 0.15) is 5.84 Å². The van der Waals surface area contributed by atoms with Crippen LogP contribution in [0.4, 0.5) is 0 Å². The van der Waals surface area contributed by atoms with Crippen molar-refractivity contribution >= 4 is 39.1 Å². The molecule has 2 aromatic carbocycles. The second-order valence-electron chi connectivity index (χ2n) is 5.02. The van der Waals surface area contributed by atoms with Crippen LogP contribution in [0.15, 0.2) is 57.8 Å². The summed E-state index contributed by atoms with van der Waals surface area (Å²) in [5, 5.41) is 1.05. The minimum atomic E-state index is -3.85. The maximum absolute atomic E-state index is 12.6. The highest BCUT2D eigenvalue weighted by Crippen LogP contribution is 2.19. The van der Waals surface area contributed by atoms with Gasteiger partial charge in [-0.25, -0.2) is 0 Å². The van der Waals surface area contributed by atoms with E-state index in [9.17, 15) is 8.42 Å². The van der Waals surface area contributed by atoms with E-state index >= 15 is 0 Å². The Bertz CT molecular complexity index is 813. The lowest BCUT2D eigenvalue weighted by Gasteiger charge is -2.23. The van der Waals surface area contributed by atoms with Gasteiger partial charge in [0.05, 0.1) is 4.90 Å². The summed E-state index contributed by atoms with van der Waals surface area (Å²) in [4.78, 5) is 1.99. The first kappa shape index (κ1) is 18.8. The Labute approximate surface area is 152 Å². The number of rotatable bonds is 5. The Morgan fingerprint density at radius 2 is 1.38 bits per heavy atom. The average molecular weight is 385 g/mol. The second kappa shape index (κ2) is 8.01. The monoisotopic (exact) mass is 384 g/mol. The number of hydrogen-bond acceptors (Lipinski definition) is 2. The number of nitrogens with zero attached hydrogens (tertiary/aromatic N) is 2. The second-order valence-corrected chi connectivity index (χ2v) is 7.50. The molecular weight excluding hydrogens is 367 g/mol. The molecule has 0 saturated heterocycles. The summed E-state index contributed by atoms with van der Waals surface area (Å²) in [5.41, 5.74) is 0.695. The Balaban J connectivity index is 2.54. The van der Waals surface area contributed by atoms with Gasteiger partial charge in [0, 0.05) is 28.7 Å². The van der Waals surface area contributed by atoms with E-state index in [0.29, 0.717) is 34.5 Å². The molecule has 0 heterocycles. The molecule has 0 unspecified atom stereocenters. The summed E-state index contributed by atoms with van der Waals surface area (Å²) in [5.74, 6) is 0.395. The number of amidine groups is 1. The minimum absolute atomic E-state index is 0.102. The van der Waals surface area contributed by atoms with Crippen molar-refractivity contribution in [3.63, 3.8) is 0 Å². The predicted octanol–water partition coefficient (Wildman–Crippen LogP) is 4.47. The lowest BCUT2D eigenvalue weighted by molar-refractivity contribution is 0.467. The zero-order valence-electron chi connectivity index (χ0n) is 13.4. The lowest BCUT2D eigenvalue weighted by Crippen LogP contribution is -2.32. The number of benzene rings is 2. The lowest BCUT2D eigenvalue weighted by atomic mass is 10.2. The van der Waals surface area contributed by atoms with Crippen molar-refractivity contribution in [3.05, 3.63) is 64.1 Å². The minimum Gasteiger partial charge on any atom is -0.356 e. The summed E-state index contributed by atoms with van der Waals surface area (Å²) >= 11 is 11.7. The van der Waals surface area contributed by atoms with Gasteiger partial charge < -0.3 is 4.90 Å². The predicted molar refractivity (Wildman–Crippen MR) is 99.5 cm³/mol. The third-order valence-corrected chi connectivity index (χ3v) is 5.27. The van der Waals surface area contributed by atoms with E-state index in [1.165, 1.54) is 24.3 Å². The van der Waals surface area contributed by atoms with Gasteiger partial charge in [-0.05, 0) is 62.4 Å². The fraction of sp³-hybridized carbons (Fsp3) is 0.235. The van der Waals surface area contributed by atoms with E-state index < -0.39 is 10.0 Å². The Morgan fingerprint density at radius 1 is 0.917 bits per heavy atom. The highest BCUT2D eigenvalue weighted by Gasteiger charge is 2.18. The quantitative estimate of drug-likeness (QED) is 0.564. The average Bonchev–Trinajstić information content (AvgIpc) is 2.56. The molecule has 0 aliphatic carbocycles. The third-order valence-electron chi connectivity index (χ3n) is 3.48. The van der Waals surface area contributed by atoms with Crippen molar-refractivity contribution in [2.24, 2.45) is 4.40 Å². The van der Waals surface area contributed by atoms with Crippen molar-refractivity contribution in [3.8, 4) is 0 Å². The maximum atomic E-state index is 12.6. The normalized spacial score (nSPS) is 12.2. The van der Waals surface area contributed by atoms with Crippen LogP contribution < -0.4 is 0 Å². The first-order valence-electron chi connectivity index (χ1n) is 7.48. The van der Waals surface area contributed by atoms with E-state index in [2.05, 4.69) is 4.40 Å². The number of hydrogen-bond donors (Lipinski definition) is 0. The molecule has 7 heteroatoms. The molecule has 0 bridgehead atoms. The van der Waals surface area contributed by atoms with Gasteiger partial charge in [0.25, 0.3) is 10.0 Å². The van der Waals surface area contributed by atoms with Gasteiger partial charge in [0.15, 0.2) is 0 Å². The Morgan fingerprint density at radius 3 is 1.83 bits per heavy atom. The molecule has 24 heavy (non-hydrogen) atoms. The molecule has 0 saturated carbocycles. The first-order valence-corrected chi connectivity index (χ1v) is 9.68. The van der Waals surface area contributed by atoms with Crippen molar-refractivity contribution in [1.29, 1.82) is 0 Å². The van der Waals surface area contributed by atoms with Crippen LogP contribution in [-0.4, -0.2) is 32.2 Å². The number of sulfonamides is 1. The van der Waals surface area contributed by atoms with Crippen LogP contribution in [0.3, 0.4) is 0 Å². The highest BCUT2D eigenvalue weighted by molar-refractivity contribution is 7.90. The fourth-order valence-corrected chi connectivity index (χ4v) is 3.47. The molecule has 0 aliphatic heterocycles. The molecule has 2 rings (SSSR count). The molecule has 0 aromatic heterocycles. The molecule has 0 spiro atoms. The van der Waals surface area contributed by atoms with Crippen LogP contribution in [-0.2, 0) is 10.0 Å². The summed E-state index contributed by atoms with van der Waals surface area (Å²) in [7, 11) is -3.85. The van der Waals surface area contributed by atoms with Gasteiger partial charge in [0.2, 0.25) is 0 Å². The molecule has 4 nitrogen and oxygen atoms in total. The van der Waals surface area contributed by atoms with Crippen molar-refractivity contribution in [1.82, 2.24) is 4.90 Å². The summed E-state index contributed by atoms with van der Waals surface area (Å²) in [6.07, 6.45) is 0. The summed E-state index contributed by atoms with van der Waals surface area (Å²) < 4.78 is 29.4. The van der Waals surface area contributed by atoms with E-state index in [1.54, 1.807) is 24.3 Å². The molecule has 2 aromatic rings. The van der Waals surface area contributed by atoms with E-state index in [-0.39, 0.29) is 4.90 Å². The van der Waals surface area contributed by atoms with Gasteiger partial charge in [-0.3, -0.25) is 0 Å². The van der Waals surface area contributed by atoms with Crippen LogP contribution in [0.2, 0.25) is 10.0 Å². The Hall–Kier alpha value is -1.56. The van der Waals surface area contributed by atoms with Crippen molar-refractivity contribution < 1.29 is 8.42 Å². The van der Waals surface area contributed by atoms with Gasteiger partial charge in [-0.2, -0.15) is 8.42 Å². The van der Waals surface area contributed by atoms with Crippen LogP contribution in [0, 0.1) is 0 Å². The van der Waals surface area contributed by atoms with E-state index in [4.69, 9.17) is 23.2 Å². The third kappa shape index (κ3) is 4.50. The molecular formula is C17H18Cl2N2O2S. The van der Waals surface area contributed by atoms with E-state index in [0.717, 1.165) is 0 Å². The number of halogens is 2. The van der Waals surface area contributed by atoms with Crippen molar-refractivity contribution in [2.75, 3.05) is 13.1 Å². The standard InChI is InChI=1S/C17H18Cl2N2O2S/c1-3-21(4-2)17(13-5-7-14(18)8-6-13)20-24(22,23)16-11-9-15(19)10-12-16/h5-12H,3-4H2,1-2H3. The Kier molecular flexibility index (Phi) is 6.27. The first-order chi connectivity index (χ1) is 11.4. The smallest absolute Gasteiger partial charge is 0.284 e. The molecule has 0 amide bonds. The van der Waals surface area contributed by atoms with Gasteiger partial charge in [-0.1, -0.05) is 23.2 Å². The van der Waals surface area contributed by atoms with Crippen molar-refractivity contribution in [2.45, 2.75) is 18.7 Å². The molecule has 128 valence electrons. The van der Waals surface area contributed by atoms with Gasteiger partial charge in [-0.15, -0.1) is 4.40 Å². The maximum Gasteiger partial charge on any atom is 0.284 e. The van der Waals surface area contributed by atoms with E-state index in [1.807, 2.05) is 18.7 Å². The topological polar surface area (TPSA) is 49.7 Å². The van der Waals surface area contributed by atoms with Crippen LogP contribution in [0.1, 0.15) is 19.4 Å². The SMILES string of the molecule is CCN(CC)C(=NS(=O)(=O)c1ccc(Cl)cc1)c1ccc(Cl)cc1. The molecule has 0 fully saturated rings. The summed E-state index contributed by atoms with van der Waals surface area (Å²) in [6, 6.07) is 12.9. The molecule has 0 aliphatic rings. The van der Waals surface area contributed by atoms with Gasteiger partial charge >= 0.3 is 0 Å². The fourth-order valence-electron chi connectivity index (χ4n) is 2.19. The van der Waals surface area contributed by atoms with Crippen LogP contribution in [0.25, 0.3) is 0 Å². The molecule has 0 N–H and O–H groups in total. The highest BCUT2D eigenvalue weighted by atomic mass is 35.5. The molecule has 0 radical (unpaired) electrons. The molecule has 0 atom stereocenters. The van der Waals surface area contributed by atoms with Crippen LogP contribution >= 0.6 is 23.2 Å².